The van der Waals surface area contributed by atoms with Crippen molar-refractivity contribution in [2.24, 2.45) is 0 Å². The predicted molar refractivity (Wildman–Crippen MR) is 59.8 cm³/mol. The van der Waals surface area contributed by atoms with E-state index in [1.165, 1.54) is 7.11 Å². The zero-order valence-electron chi connectivity index (χ0n) is 8.94. The van der Waals surface area contributed by atoms with Crippen LogP contribution in [0.5, 0.6) is 0 Å². The smallest absolute Gasteiger partial charge is 0.360 e. The van der Waals surface area contributed by atoms with Crippen LogP contribution in [-0.2, 0) is 4.74 Å². The van der Waals surface area contributed by atoms with Crippen molar-refractivity contribution >= 4 is 23.3 Å². The van der Waals surface area contributed by atoms with Gasteiger partial charge in [-0.2, -0.15) is 0 Å². The molecule has 2 heterocycles. The van der Waals surface area contributed by atoms with Crippen molar-refractivity contribution in [3.05, 3.63) is 16.9 Å². The number of ether oxygens (including phenoxy) is 1. The second-order valence-electron chi connectivity index (χ2n) is 3.59. The second-order valence-corrected chi connectivity index (χ2v) is 3.97. The van der Waals surface area contributed by atoms with E-state index in [2.05, 4.69) is 19.8 Å². The van der Waals surface area contributed by atoms with E-state index in [1.54, 1.807) is 6.07 Å². The van der Waals surface area contributed by atoms with Gasteiger partial charge in [-0.1, -0.05) is 11.6 Å². The maximum absolute atomic E-state index is 11.5. The van der Waals surface area contributed by atoms with Crippen LogP contribution in [0.15, 0.2) is 6.07 Å². The van der Waals surface area contributed by atoms with E-state index in [-0.39, 0.29) is 10.8 Å². The van der Waals surface area contributed by atoms with Gasteiger partial charge in [-0.15, -0.1) is 10.2 Å². The van der Waals surface area contributed by atoms with E-state index in [0.29, 0.717) is 5.69 Å². The summed E-state index contributed by atoms with van der Waals surface area (Å²) < 4.78 is 4.67. The van der Waals surface area contributed by atoms with Gasteiger partial charge in [-0.05, 0) is 12.8 Å². The molecule has 1 aromatic heterocycles. The first-order valence-electron chi connectivity index (χ1n) is 5.09. The highest BCUT2D eigenvalue weighted by molar-refractivity contribution is 6.29. The summed E-state index contributed by atoms with van der Waals surface area (Å²) >= 11 is 5.79. The van der Waals surface area contributed by atoms with Gasteiger partial charge in [-0.3, -0.25) is 0 Å². The Balaban J connectivity index is 2.39. The lowest BCUT2D eigenvalue weighted by molar-refractivity contribution is 0.0593. The summed E-state index contributed by atoms with van der Waals surface area (Å²) in [5, 5.41) is 7.75. The molecule has 2 rings (SSSR count). The van der Waals surface area contributed by atoms with Crippen LogP contribution >= 0.6 is 11.6 Å². The Hall–Kier alpha value is -1.36. The SMILES string of the molecule is COC(=O)c1nnc(Cl)cc1N1CCCC1. The van der Waals surface area contributed by atoms with Crippen molar-refractivity contribution in [1.29, 1.82) is 0 Å². The van der Waals surface area contributed by atoms with Gasteiger partial charge in [0.2, 0.25) is 0 Å². The second kappa shape index (κ2) is 4.65. The van der Waals surface area contributed by atoms with E-state index >= 15 is 0 Å². The topological polar surface area (TPSA) is 55.3 Å². The maximum Gasteiger partial charge on any atom is 0.360 e. The van der Waals surface area contributed by atoms with Crippen molar-refractivity contribution in [2.75, 3.05) is 25.1 Å². The fraction of sp³-hybridized carbons (Fsp3) is 0.500. The van der Waals surface area contributed by atoms with E-state index in [9.17, 15) is 4.79 Å². The summed E-state index contributed by atoms with van der Waals surface area (Å²) in [6, 6.07) is 1.66. The van der Waals surface area contributed by atoms with Crippen molar-refractivity contribution < 1.29 is 9.53 Å². The van der Waals surface area contributed by atoms with Crippen LogP contribution < -0.4 is 4.90 Å². The van der Waals surface area contributed by atoms with E-state index in [1.807, 2.05) is 0 Å². The highest BCUT2D eigenvalue weighted by Gasteiger charge is 2.22. The van der Waals surface area contributed by atoms with Crippen LogP contribution in [0.2, 0.25) is 5.15 Å². The Morgan fingerprint density at radius 2 is 2.12 bits per heavy atom. The molecule has 0 amide bonds. The molecule has 1 saturated heterocycles. The normalized spacial score (nSPS) is 15.2. The Morgan fingerprint density at radius 3 is 2.75 bits per heavy atom. The van der Waals surface area contributed by atoms with Gasteiger partial charge < -0.3 is 9.64 Å². The average Bonchev–Trinajstić information content (AvgIpc) is 2.81. The van der Waals surface area contributed by atoms with Gasteiger partial charge in [0.05, 0.1) is 12.8 Å². The van der Waals surface area contributed by atoms with E-state index in [0.717, 1.165) is 25.9 Å². The molecule has 0 saturated carbocycles. The molecule has 0 atom stereocenters. The number of carbonyl (C=O) groups is 1. The van der Waals surface area contributed by atoms with Gasteiger partial charge in [-0.25, -0.2) is 4.79 Å². The number of nitrogens with zero attached hydrogens (tertiary/aromatic N) is 3. The lowest BCUT2D eigenvalue weighted by atomic mass is 10.3. The van der Waals surface area contributed by atoms with Crippen molar-refractivity contribution in [1.82, 2.24) is 10.2 Å². The molecule has 0 aliphatic carbocycles. The Morgan fingerprint density at radius 1 is 1.44 bits per heavy atom. The van der Waals surface area contributed by atoms with Gasteiger partial charge >= 0.3 is 5.97 Å². The summed E-state index contributed by atoms with van der Waals surface area (Å²) in [6.07, 6.45) is 2.22. The van der Waals surface area contributed by atoms with E-state index in [4.69, 9.17) is 11.6 Å². The van der Waals surface area contributed by atoms with Crippen molar-refractivity contribution in [3.8, 4) is 0 Å². The number of anilines is 1. The lowest BCUT2D eigenvalue weighted by Crippen LogP contribution is -2.22. The molecule has 0 unspecified atom stereocenters. The summed E-state index contributed by atoms with van der Waals surface area (Å²) in [5.41, 5.74) is 0.943. The first-order valence-corrected chi connectivity index (χ1v) is 5.46. The standard InChI is InChI=1S/C10H12ClN3O2/c1-16-10(15)9-7(6-8(11)12-13-9)14-4-2-3-5-14/h6H,2-5H2,1H3. The van der Waals surface area contributed by atoms with Crippen molar-refractivity contribution in [2.45, 2.75) is 12.8 Å². The third-order valence-corrected chi connectivity index (χ3v) is 2.75. The molecule has 0 radical (unpaired) electrons. The number of hydrogen-bond acceptors (Lipinski definition) is 5. The van der Waals surface area contributed by atoms with Crippen LogP contribution in [0, 0.1) is 0 Å². The lowest BCUT2D eigenvalue weighted by Gasteiger charge is -2.19. The van der Waals surface area contributed by atoms with Crippen LogP contribution in [0.25, 0.3) is 0 Å². The maximum atomic E-state index is 11.5. The molecule has 1 aliphatic rings. The fourth-order valence-electron chi connectivity index (χ4n) is 1.80. The van der Waals surface area contributed by atoms with Gasteiger partial charge in [0.1, 0.15) is 0 Å². The minimum Gasteiger partial charge on any atom is -0.464 e. The van der Waals surface area contributed by atoms with Crippen LogP contribution in [0.3, 0.4) is 0 Å². The molecule has 0 spiro atoms. The number of esters is 1. The minimum atomic E-state index is -0.480. The highest BCUT2D eigenvalue weighted by atomic mass is 35.5. The van der Waals surface area contributed by atoms with Gasteiger partial charge in [0.15, 0.2) is 10.8 Å². The monoisotopic (exact) mass is 241 g/mol. The van der Waals surface area contributed by atoms with Crippen LogP contribution in [-0.4, -0.2) is 36.4 Å². The molecule has 1 aliphatic heterocycles. The minimum absolute atomic E-state index is 0.230. The molecule has 86 valence electrons. The molecule has 5 nitrogen and oxygen atoms in total. The molecule has 0 N–H and O–H groups in total. The molecule has 1 aromatic rings. The Kier molecular flexibility index (Phi) is 3.24. The van der Waals surface area contributed by atoms with Gasteiger partial charge in [0.25, 0.3) is 0 Å². The third-order valence-electron chi connectivity index (χ3n) is 2.57. The summed E-state index contributed by atoms with van der Waals surface area (Å²) in [5.74, 6) is -0.480. The molecular weight excluding hydrogens is 230 g/mol. The van der Waals surface area contributed by atoms with Gasteiger partial charge in [0, 0.05) is 19.2 Å². The first-order chi connectivity index (χ1) is 7.72. The average molecular weight is 242 g/mol. The molecule has 1 fully saturated rings. The Bertz CT molecular complexity index is 405. The van der Waals surface area contributed by atoms with Crippen LogP contribution in [0.4, 0.5) is 5.69 Å². The third kappa shape index (κ3) is 2.09. The molecule has 6 heteroatoms. The molecule has 16 heavy (non-hydrogen) atoms. The molecular formula is C10H12ClN3O2. The molecule has 0 bridgehead atoms. The zero-order valence-corrected chi connectivity index (χ0v) is 9.70. The summed E-state index contributed by atoms with van der Waals surface area (Å²) in [4.78, 5) is 13.6. The number of carbonyl (C=O) groups excluding carboxylic acids is 1. The van der Waals surface area contributed by atoms with E-state index < -0.39 is 5.97 Å². The number of methoxy groups -OCH3 is 1. The number of aromatic nitrogens is 2. The first kappa shape index (κ1) is 11.1. The number of rotatable bonds is 2. The van der Waals surface area contributed by atoms with Crippen molar-refractivity contribution in [3.63, 3.8) is 0 Å². The Labute approximate surface area is 98.4 Å². The number of halogens is 1. The zero-order chi connectivity index (χ0) is 11.5. The summed E-state index contributed by atoms with van der Waals surface area (Å²) in [7, 11) is 1.33. The molecule has 0 aromatic carbocycles. The quantitative estimate of drug-likeness (QED) is 0.735. The summed E-state index contributed by atoms with van der Waals surface area (Å²) in [6.45, 7) is 1.82. The highest BCUT2D eigenvalue weighted by Crippen LogP contribution is 2.25. The fourth-order valence-corrected chi connectivity index (χ4v) is 1.94. The predicted octanol–water partition coefficient (Wildman–Crippen LogP) is 1.52. The number of hydrogen-bond donors (Lipinski definition) is 0. The largest absolute Gasteiger partial charge is 0.464 e. The van der Waals surface area contributed by atoms with Crippen LogP contribution in [0.1, 0.15) is 23.3 Å².